The Hall–Kier alpha value is -2.39. The SMILES string of the molecule is CCCCCCCC/C=C/C/C=C/CCCCC(=O)OC[C@H](CO[C@H]1O[C@H](CS(=O)(=O)O)[C@@H](O)C(O)C1O)OC(=O)CCC/C=C/CC/C=C/CCCCCCCCCCCCCCCC. The second-order valence-corrected chi connectivity index (χ2v) is 19.7. The lowest BCUT2D eigenvalue weighted by Gasteiger charge is -2.40. The van der Waals surface area contributed by atoms with Crippen LogP contribution in [0.4, 0.5) is 0 Å². The second-order valence-electron chi connectivity index (χ2n) is 18.2. The summed E-state index contributed by atoms with van der Waals surface area (Å²) in [6, 6.07) is 0. The molecule has 1 aliphatic rings. The first kappa shape index (κ1) is 61.6. The molecule has 0 aliphatic carbocycles. The van der Waals surface area contributed by atoms with Crippen molar-refractivity contribution in [3.8, 4) is 0 Å². The number of carbonyl (C=O) groups is 2. The van der Waals surface area contributed by atoms with E-state index in [2.05, 4.69) is 56.4 Å². The lowest BCUT2D eigenvalue weighted by atomic mass is 10.00. The Kier molecular flexibility index (Phi) is 39.9. The fourth-order valence-electron chi connectivity index (χ4n) is 7.79. The molecule has 384 valence electrons. The zero-order valence-corrected chi connectivity index (χ0v) is 42.1. The van der Waals surface area contributed by atoms with Crippen molar-refractivity contribution >= 4 is 22.1 Å². The van der Waals surface area contributed by atoms with Gasteiger partial charge in [-0.05, 0) is 77.0 Å². The van der Waals surface area contributed by atoms with Crippen molar-refractivity contribution in [3.05, 3.63) is 48.6 Å². The standard InChI is InChI=1S/C53H94O12S/c1-3-5-7-9-11-13-15-17-19-20-21-22-23-24-25-26-28-30-32-34-36-38-40-42-49(55)64-46(44-63-53-52(58)51(57)50(56)47(65-53)45-66(59,60)61)43-62-48(54)41-39-37-35-33-31-29-27-18-16-14-12-10-8-6-4-2/h18,26-28,31,33-34,36,46-47,50-53,56-58H,3-17,19-25,29-30,32,35,37-45H2,1-2H3,(H,59,60,61)/b27-18+,28-26+,33-31+,36-34+/t46-,47-,50-,51?,52?,53+/m1/s1. The fraction of sp³-hybridized carbons (Fsp3) is 0.811. The molecule has 4 N–H and O–H groups in total. The van der Waals surface area contributed by atoms with Gasteiger partial charge in [-0.25, -0.2) is 0 Å². The summed E-state index contributed by atoms with van der Waals surface area (Å²) in [5, 5.41) is 31.0. The molecule has 6 atom stereocenters. The largest absolute Gasteiger partial charge is 0.462 e. The maximum atomic E-state index is 12.9. The third-order valence-electron chi connectivity index (χ3n) is 11.9. The van der Waals surface area contributed by atoms with Crippen LogP contribution in [0.25, 0.3) is 0 Å². The minimum atomic E-state index is -4.61. The van der Waals surface area contributed by atoms with Crippen molar-refractivity contribution < 1.29 is 56.8 Å². The second kappa shape index (κ2) is 42.7. The molecule has 1 fully saturated rings. The predicted octanol–water partition coefficient (Wildman–Crippen LogP) is 11.9. The molecule has 1 aliphatic heterocycles. The molecule has 0 radical (unpaired) electrons. The van der Waals surface area contributed by atoms with E-state index in [0.717, 1.165) is 44.9 Å². The molecule has 1 heterocycles. The minimum absolute atomic E-state index is 0.0974. The van der Waals surface area contributed by atoms with Gasteiger partial charge < -0.3 is 34.3 Å². The Balaban J connectivity index is 2.40. The molecule has 0 saturated carbocycles. The number of unbranched alkanes of at least 4 members (excludes halogenated alkanes) is 24. The number of aliphatic hydroxyl groups is 3. The molecular weight excluding hydrogens is 861 g/mol. The van der Waals surface area contributed by atoms with Gasteiger partial charge in [0.2, 0.25) is 0 Å². The number of allylic oxidation sites excluding steroid dienone is 8. The van der Waals surface area contributed by atoms with Crippen LogP contribution in [0.2, 0.25) is 0 Å². The number of hydrogen-bond acceptors (Lipinski definition) is 11. The Morgan fingerprint density at radius 1 is 0.515 bits per heavy atom. The third-order valence-corrected chi connectivity index (χ3v) is 12.6. The Labute approximate surface area is 401 Å². The first-order valence-corrected chi connectivity index (χ1v) is 27.8. The van der Waals surface area contributed by atoms with Gasteiger partial charge in [-0.2, -0.15) is 8.42 Å². The van der Waals surface area contributed by atoms with Gasteiger partial charge in [-0.15, -0.1) is 0 Å². The summed E-state index contributed by atoms with van der Waals surface area (Å²) in [6.45, 7) is 3.72. The summed E-state index contributed by atoms with van der Waals surface area (Å²) in [5.74, 6) is -2.08. The molecule has 1 rings (SSSR count). The van der Waals surface area contributed by atoms with Gasteiger partial charge >= 0.3 is 11.9 Å². The van der Waals surface area contributed by atoms with E-state index in [1.807, 2.05) is 6.08 Å². The molecule has 0 aromatic rings. The van der Waals surface area contributed by atoms with E-state index in [1.54, 1.807) is 0 Å². The van der Waals surface area contributed by atoms with Crippen LogP contribution in [0.5, 0.6) is 0 Å². The lowest BCUT2D eigenvalue weighted by molar-refractivity contribution is -0.297. The van der Waals surface area contributed by atoms with Gasteiger partial charge in [0.1, 0.15) is 36.8 Å². The summed E-state index contributed by atoms with van der Waals surface area (Å²) < 4.78 is 54.1. The topological polar surface area (TPSA) is 186 Å². The zero-order chi connectivity index (χ0) is 48.4. The molecule has 0 aromatic carbocycles. The van der Waals surface area contributed by atoms with E-state index in [4.69, 9.17) is 18.9 Å². The number of esters is 2. The Morgan fingerprint density at radius 2 is 0.939 bits per heavy atom. The van der Waals surface area contributed by atoms with Crippen molar-refractivity contribution in [1.29, 1.82) is 0 Å². The molecule has 13 heteroatoms. The quantitative estimate of drug-likeness (QED) is 0.0196. The first-order valence-electron chi connectivity index (χ1n) is 26.2. The predicted molar refractivity (Wildman–Crippen MR) is 266 cm³/mol. The van der Waals surface area contributed by atoms with Gasteiger partial charge in [-0.3, -0.25) is 14.1 Å². The molecule has 66 heavy (non-hydrogen) atoms. The Morgan fingerprint density at radius 3 is 1.44 bits per heavy atom. The van der Waals surface area contributed by atoms with E-state index >= 15 is 0 Å². The van der Waals surface area contributed by atoms with Crippen molar-refractivity contribution in [2.45, 2.75) is 256 Å². The molecule has 0 spiro atoms. The summed E-state index contributed by atoms with van der Waals surface area (Å²) in [6.07, 6.45) is 43.2. The maximum Gasteiger partial charge on any atom is 0.306 e. The summed E-state index contributed by atoms with van der Waals surface area (Å²) in [7, 11) is -4.61. The zero-order valence-electron chi connectivity index (χ0n) is 41.3. The van der Waals surface area contributed by atoms with E-state index in [-0.39, 0.29) is 19.4 Å². The lowest BCUT2D eigenvalue weighted by Crippen LogP contribution is -2.60. The monoisotopic (exact) mass is 955 g/mol. The van der Waals surface area contributed by atoms with Gasteiger partial charge in [0.15, 0.2) is 12.4 Å². The van der Waals surface area contributed by atoms with Crippen molar-refractivity contribution in [2.75, 3.05) is 19.0 Å². The highest BCUT2D eigenvalue weighted by molar-refractivity contribution is 7.85. The third kappa shape index (κ3) is 36.6. The van der Waals surface area contributed by atoms with E-state index in [1.165, 1.54) is 128 Å². The highest BCUT2D eigenvalue weighted by Crippen LogP contribution is 2.24. The highest BCUT2D eigenvalue weighted by atomic mass is 32.2. The minimum Gasteiger partial charge on any atom is -0.462 e. The van der Waals surface area contributed by atoms with Crippen LogP contribution in [0.1, 0.15) is 219 Å². The molecule has 0 amide bonds. The number of ether oxygens (including phenoxy) is 4. The van der Waals surface area contributed by atoms with Gasteiger partial charge in [0, 0.05) is 12.8 Å². The molecule has 2 unspecified atom stereocenters. The normalized spacial score (nSPS) is 19.8. The summed E-state index contributed by atoms with van der Waals surface area (Å²) in [5.41, 5.74) is 0. The van der Waals surface area contributed by atoms with Gasteiger partial charge in [-0.1, -0.05) is 178 Å². The molecular formula is C53H94O12S. The smallest absolute Gasteiger partial charge is 0.306 e. The Bertz CT molecular complexity index is 1400. The van der Waals surface area contributed by atoms with Crippen LogP contribution in [0.15, 0.2) is 48.6 Å². The number of aliphatic hydroxyl groups excluding tert-OH is 3. The fourth-order valence-corrected chi connectivity index (χ4v) is 8.48. The van der Waals surface area contributed by atoms with Crippen LogP contribution >= 0.6 is 0 Å². The summed E-state index contributed by atoms with van der Waals surface area (Å²) in [4.78, 5) is 25.5. The number of carbonyl (C=O) groups excluding carboxylic acids is 2. The van der Waals surface area contributed by atoms with Crippen molar-refractivity contribution in [2.24, 2.45) is 0 Å². The van der Waals surface area contributed by atoms with E-state index in [9.17, 15) is 37.9 Å². The average molecular weight is 955 g/mol. The van der Waals surface area contributed by atoms with Crippen LogP contribution < -0.4 is 0 Å². The van der Waals surface area contributed by atoms with E-state index < -0.39 is 71.2 Å². The average Bonchev–Trinajstić information content (AvgIpc) is 3.28. The maximum absolute atomic E-state index is 12.9. The molecule has 0 bridgehead atoms. The number of rotatable bonds is 44. The number of hydrogen-bond donors (Lipinski definition) is 4. The molecule has 1 saturated heterocycles. The van der Waals surface area contributed by atoms with Crippen LogP contribution in [0.3, 0.4) is 0 Å². The van der Waals surface area contributed by atoms with Gasteiger partial charge in [0.05, 0.1) is 6.61 Å². The molecule has 0 aromatic heterocycles. The van der Waals surface area contributed by atoms with Crippen molar-refractivity contribution in [1.82, 2.24) is 0 Å². The van der Waals surface area contributed by atoms with Gasteiger partial charge in [0.25, 0.3) is 10.1 Å². The first-order chi connectivity index (χ1) is 32.0. The van der Waals surface area contributed by atoms with E-state index in [0.29, 0.717) is 19.3 Å². The van der Waals surface area contributed by atoms with Crippen molar-refractivity contribution in [3.63, 3.8) is 0 Å². The van der Waals surface area contributed by atoms with Crippen LogP contribution in [0, 0.1) is 0 Å². The molecule has 12 nitrogen and oxygen atoms in total. The summed E-state index contributed by atoms with van der Waals surface area (Å²) >= 11 is 0. The van der Waals surface area contributed by atoms with Crippen LogP contribution in [-0.4, -0.2) is 96.0 Å². The van der Waals surface area contributed by atoms with Crippen LogP contribution in [-0.2, 0) is 38.7 Å². The highest BCUT2D eigenvalue weighted by Gasteiger charge is 2.46.